The third-order valence-electron chi connectivity index (χ3n) is 2.00. The van der Waals surface area contributed by atoms with Gasteiger partial charge in [-0.3, -0.25) is 4.18 Å². The van der Waals surface area contributed by atoms with Crippen molar-refractivity contribution in [2.75, 3.05) is 0 Å². The average molecular weight is 266 g/mol. The van der Waals surface area contributed by atoms with Gasteiger partial charge in [-0.05, 0) is 19.0 Å². The number of halogens is 3. The van der Waals surface area contributed by atoms with E-state index in [9.17, 15) is 21.6 Å². The molecule has 0 aliphatic heterocycles. The molecule has 86 valence electrons. The van der Waals surface area contributed by atoms with Crippen LogP contribution in [0.1, 0.15) is 13.8 Å². The molecule has 0 unspecified atom stereocenters. The first-order valence-corrected chi connectivity index (χ1v) is 7.64. The molecule has 0 amide bonds. The van der Waals surface area contributed by atoms with Gasteiger partial charge in [0.15, 0.2) is 0 Å². The molecular weight excluding hydrogens is 253 g/mol. The molecular formula is C5H13F3O3SSi2. The molecule has 0 spiro atoms. The van der Waals surface area contributed by atoms with Gasteiger partial charge >= 0.3 is 15.6 Å². The molecule has 0 heterocycles. The largest absolute Gasteiger partial charge is 0.523 e. The van der Waals surface area contributed by atoms with Crippen molar-refractivity contribution >= 4 is 30.6 Å². The molecule has 9 heteroatoms. The van der Waals surface area contributed by atoms with E-state index in [1.165, 1.54) is 13.8 Å². The van der Waals surface area contributed by atoms with Crippen LogP contribution in [-0.2, 0) is 14.3 Å². The first kappa shape index (κ1) is 14.1. The summed E-state index contributed by atoms with van der Waals surface area (Å²) >= 11 is 0. The zero-order chi connectivity index (χ0) is 11.8. The molecule has 14 heavy (non-hydrogen) atoms. The molecule has 0 radical (unpaired) electrons. The van der Waals surface area contributed by atoms with E-state index >= 15 is 0 Å². The SMILES string of the molecule is CC(C)(OS(=O)(=O)C(F)(F)F)C([SiH3])[SiH3]. The highest BCUT2D eigenvalue weighted by molar-refractivity contribution is 7.87. The summed E-state index contributed by atoms with van der Waals surface area (Å²) in [5, 5.41) is -0.0698. The molecule has 0 aliphatic rings. The van der Waals surface area contributed by atoms with E-state index in [1.54, 1.807) is 0 Å². The summed E-state index contributed by atoms with van der Waals surface area (Å²) in [6, 6.07) is 0. The Morgan fingerprint density at radius 1 is 1.21 bits per heavy atom. The Balaban J connectivity index is 4.88. The van der Waals surface area contributed by atoms with Crippen molar-refractivity contribution in [1.29, 1.82) is 0 Å². The van der Waals surface area contributed by atoms with Crippen LogP contribution in [0, 0.1) is 0 Å². The molecule has 0 bridgehead atoms. The van der Waals surface area contributed by atoms with Crippen LogP contribution in [0.4, 0.5) is 13.2 Å². The number of alkyl halides is 3. The van der Waals surface area contributed by atoms with E-state index in [2.05, 4.69) is 4.18 Å². The van der Waals surface area contributed by atoms with Crippen LogP contribution >= 0.6 is 0 Å². The van der Waals surface area contributed by atoms with Crippen LogP contribution in [-0.4, -0.2) is 40.0 Å². The van der Waals surface area contributed by atoms with Gasteiger partial charge in [-0.25, -0.2) is 0 Å². The summed E-state index contributed by atoms with van der Waals surface area (Å²) in [5.74, 6) is 0. The van der Waals surface area contributed by atoms with Gasteiger partial charge in [-0.1, -0.05) is 0 Å². The van der Waals surface area contributed by atoms with E-state index in [4.69, 9.17) is 0 Å². The van der Waals surface area contributed by atoms with E-state index in [0.29, 0.717) is 20.5 Å². The van der Waals surface area contributed by atoms with Crippen molar-refractivity contribution in [2.24, 2.45) is 0 Å². The molecule has 0 fully saturated rings. The second-order valence-electron chi connectivity index (χ2n) is 3.74. The minimum atomic E-state index is -5.46. The fourth-order valence-corrected chi connectivity index (χ4v) is 1.86. The Bertz CT molecular complexity index is 296. The first-order valence-electron chi connectivity index (χ1n) is 3.92. The van der Waals surface area contributed by atoms with E-state index in [1.807, 2.05) is 0 Å². The van der Waals surface area contributed by atoms with Crippen LogP contribution in [0.25, 0.3) is 0 Å². The number of hydrogen-bond acceptors (Lipinski definition) is 3. The lowest BCUT2D eigenvalue weighted by Crippen LogP contribution is -2.38. The Hall–Kier alpha value is 0.134. The first-order chi connectivity index (χ1) is 5.90. The summed E-state index contributed by atoms with van der Waals surface area (Å²) in [7, 11) is -4.23. The van der Waals surface area contributed by atoms with Crippen LogP contribution in [0.2, 0.25) is 5.16 Å². The van der Waals surface area contributed by atoms with Gasteiger partial charge in [0.2, 0.25) is 0 Å². The van der Waals surface area contributed by atoms with Crippen LogP contribution in [0.3, 0.4) is 0 Å². The number of rotatable bonds is 3. The molecule has 0 aliphatic carbocycles. The maximum Gasteiger partial charge on any atom is 0.523 e. The highest BCUT2D eigenvalue weighted by atomic mass is 32.2. The zero-order valence-corrected chi connectivity index (χ0v) is 13.2. The van der Waals surface area contributed by atoms with Gasteiger partial charge in [-0.2, -0.15) is 21.6 Å². The molecule has 0 aromatic carbocycles. The Labute approximate surface area is 87.0 Å². The van der Waals surface area contributed by atoms with E-state index < -0.39 is 21.2 Å². The second-order valence-corrected chi connectivity index (χ2v) is 11.1. The van der Waals surface area contributed by atoms with Crippen molar-refractivity contribution in [3.8, 4) is 0 Å². The normalized spacial score (nSPS) is 17.2. The predicted octanol–water partition coefficient (Wildman–Crippen LogP) is -0.892. The van der Waals surface area contributed by atoms with Crippen LogP contribution in [0.15, 0.2) is 0 Å². The molecule has 0 atom stereocenters. The van der Waals surface area contributed by atoms with Crippen molar-refractivity contribution in [2.45, 2.75) is 30.1 Å². The molecule has 0 N–H and O–H groups in total. The lowest BCUT2D eigenvalue weighted by Gasteiger charge is -2.28. The quantitative estimate of drug-likeness (QED) is 0.378. The summed E-state index contributed by atoms with van der Waals surface area (Å²) < 4.78 is 61.3. The van der Waals surface area contributed by atoms with Crippen molar-refractivity contribution in [3.05, 3.63) is 0 Å². The standard InChI is InChI=1S/C5H13F3O3SSi2/c1-4(2,3(13)14)11-12(9,10)5(6,7)8/h3H,1-2,13-14H3. The lowest BCUT2D eigenvalue weighted by molar-refractivity contribution is -0.0617. The van der Waals surface area contributed by atoms with Crippen molar-refractivity contribution in [1.82, 2.24) is 0 Å². The van der Waals surface area contributed by atoms with Crippen LogP contribution in [0.5, 0.6) is 0 Å². The molecule has 0 saturated heterocycles. The average Bonchev–Trinajstić information content (AvgIpc) is 1.80. The van der Waals surface area contributed by atoms with Gasteiger partial charge in [-0.15, -0.1) is 0 Å². The second kappa shape index (κ2) is 3.95. The van der Waals surface area contributed by atoms with Gasteiger partial charge in [0.1, 0.15) is 0 Å². The predicted molar refractivity (Wildman–Crippen MR) is 53.8 cm³/mol. The Morgan fingerprint density at radius 3 is 1.79 bits per heavy atom. The van der Waals surface area contributed by atoms with Gasteiger partial charge in [0.25, 0.3) is 0 Å². The van der Waals surface area contributed by atoms with Crippen molar-refractivity contribution < 1.29 is 25.8 Å². The van der Waals surface area contributed by atoms with Gasteiger partial charge < -0.3 is 0 Å². The van der Waals surface area contributed by atoms with Gasteiger partial charge in [0.05, 0.1) is 5.60 Å². The Morgan fingerprint density at radius 2 is 1.57 bits per heavy atom. The summed E-state index contributed by atoms with van der Waals surface area (Å²) in [5.41, 5.74) is -6.57. The maximum atomic E-state index is 11.9. The minimum Gasteiger partial charge on any atom is -0.257 e. The third kappa shape index (κ3) is 3.37. The Kier molecular flexibility index (Phi) is 3.98. The summed E-state index contributed by atoms with van der Waals surface area (Å²) in [4.78, 5) is 0. The number of hydrogen-bond donors (Lipinski definition) is 0. The lowest BCUT2D eigenvalue weighted by atomic mass is 10.2. The van der Waals surface area contributed by atoms with E-state index in [0.717, 1.165) is 0 Å². The summed E-state index contributed by atoms with van der Waals surface area (Å²) in [6.07, 6.45) is 0. The molecule has 0 aromatic rings. The molecule has 0 rings (SSSR count). The maximum absolute atomic E-state index is 11.9. The highest BCUT2D eigenvalue weighted by Gasteiger charge is 2.50. The molecule has 0 saturated carbocycles. The topological polar surface area (TPSA) is 43.4 Å². The molecule has 0 aromatic heterocycles. The van der Waals surface area contributed by atoms with Gasteiger partial charge in [0, 0.05) is 20.5 Å². The minimum absolute atomic E-state index is 0.0698. The highest BCUT2D eigenvalue weighted by Crippen LogP contribution is 2.31. The van der Waals surface area contributed by atoms with Crippen LogP contribution < -0.4 is 0 Å². The third-order valence-corrected chi connectivity index (χ3v) is 6.00. The summed E-state index contributed by atoms with van der Waals surface area (Å²) in [6.45, 7) is 2.72. The monoisotopic (exact) mass is 266 g/mol. The zero-order valence-electron chi connectivity index (χ0n) is 8.34. The van der Waals surface area contributed by atoms with Crippen molar-refractivity contribution in [3.63, 3.8) is 0 Å². The molecule has 3 nitrogen and oxygen atoms in total. The van der Waals surface area contributed by atoms with E-state index in [-0.39, 0.29) is 5.16 Å². The fourth-order valence-electron chi connectivity index (χ4n) is 0.426. The fraction of sp³-hybridized carbons (Fsp3) is 1.00. The smallest absolute Gasteiger partial charge is 0.257 e.